The van der Waals surface area contributed by atoms with Crippen molar-refractivity contribution in [1.29, 1.82) is 0 Å². The van der Waals surface area contributed by atoms with Crippen molar-refractivity contribution in [2.24, 2.45) is 0 Å². The van der Waals surface area contributed by atoms with Gasteiger partial charge in [0.15, 0.2) is 11.0 Å². The van der Waals surface area contributed by atoms with E-state index in [9.17, 15) is 14.0 Å². The molecule has 2 N–H and O–H groups in total. The lowest BCUT2D eigenvalue weighted by Gasteiger charge is -2.10. The first kappa shape index (κ1) is 22.3. The van der Waals surface area contributed by atoms with E-state index in [1.54, 1.807) is 19.1 Å². The van der Waals surface area contributed by atoms with E-state index in [-0.39, 0.29) is 37.2 Å². The predicted molar refractivity (Wildman–Crippen MR) is 116 cm³/mol. The second kappa shape index (κ2) is 11.1. The maximum Gasteiger partial charge on any atom is 0.407 e. The minimum Gasteiger partial charge on any atom is -0.450 e. The van der Waals surface area contributed by atoms with Crippen LogP contribution in [0.4, 0.5) is 9.18 Å². The molecule has 0 aliphatic carbocycles. The van der Waals surface area contributed by atoms with Gasteiger partial charge < -0.3 is 15.4 Å². The van der Waals surface area contributed by atoms with Gasteiger partial charge in [-0.1, -0.05) is 30.0 Å². The van der Waals surface area contributed by atoms with Crippen LogP contribution >= 0.6 is 11.8 Å². The molecule has 31 heavy (non-hydrogen) atoms. The number of thioether (sulfide) groups is 1. The molecule has 0 fully saturated rings. The van der Waals surface area contributed by atoms with Crippen molar-refractivity contribution in [2.75, 3.05) is 25.4 Å². The number of alkyl carbamates (subject to hydrolysis) is 1. The molecule has 0 saturated carbocycles. The van der Waals surface area contributed by atoms with Gasteiger partial charge in [0.2, 0.25) is 5.91 Å². The van der Waals surface area contributed by atoms with Crippen LogP contribution in [0.15, 0.2) is 59.8 Å². The van der Waals surface area contributed by atoms with Gasteiger partial charge in [0, 0.05) is 24.3 Å². The number of halogens is 1. The number of para-hydroxylation sites is 1. The first-order valence-corrected chi connectivity index (χ1v) is 10.6. The molecule has 0 bridgehead atoms. The van der Waals surface area contributed by atoms with E-state index in [1.165, 1.54) is 23.9 Å². The SMILES string of the molecule is CCOC(=O)NCCNC(=O)CSc1nnc(-c2ccc(F)cc2)n1-c1ccccc1. The highest BCUT2D eigenvalue weighted by Crippen LogP contribution is 2.27. The maximum atomic E-state index is 13.3. The lowest BCUT2D eigenvalue weighted by Crippen LogP contribution is -2.35. The molecule has 2 aromatic carbocycles. The van der Waals surface area contributed by atoms with Crippen LogP contribution in [0, 0.1) is 5.82 Å². The molecule has 0 spiro atoms. The van der Waals surface area contributed by atoms with Crippen molar-refractivity contribution in [1.82, 2.24) is 25.4 Å². The summed E-state index contributed by atoms with van der Waals surface area (Å²) in [6.45, 7) is 2.56. The molecule has 1 heterocycles. The Labute approximate surface area is 183 Å². The second-order valence-corrected chi connectivity index (χ2v) is 7.21. The average Bonchev–Trinajstić information content (AvgIpc) is 3.20. The van der Waals surface area contributed by atoms with Crippen molar-refractivity contribution in [3.63, 3.8) is 0 Å². The summed E-state index contributed by atoms with van der Waals surface area (Å²) in [5, 5.41) is 14.3. The van der Waals surface area contributed by atoms with Gasteiger partial charge in [-0.25, -0.2) is 9.18 Å². The standard InChI is InChI=1S/C21H22FN5O3S/c1-2-30-21(29)24-13-12-23-18(28)14-31-20-26-25-19(15-8-10-16(22)11-9-15)27(20)17-6-4-3-5-7-17/h3-11H,2,12-14H2,1H3,(H,23,28)(H,24,29). The zero-order valence-electron chi connectivity index (χ0n) is 16.9. The van der Waals surface area contributed by atoms with Crippen LogP contribution in [-0.2, 0) is 9.53 Å². The fourth-order valence-electron chi connectivity index (χ4n) is 2.69. The maximum absolute atomic E-state index is 13.3. The first-order valence-electron chi connectivity index (χ1n) is 9.65. The fraction of sp³-hybridized carbons (Fsp3) is 0.238. The van der Waals surface area contributed by atoms with Crippen LogP contribution < -0.4 is 10.6 Å². The Balaban J connectivity index is 1.67. The van der Waals surface area contributed by atoms with E-state index in [0.717, 1.165) is 5.69 Å². The molecule has 3 rings (SSSR count). The minimum atomic E-state index is -0.518. The quantitative estimate of drug-likeness (QED) is 0.390. The Bertz CT molecular complexity index is 1010. The van der Waals surface area contributed by atoms with Gasteiger partial charge >= 0.3 is 6.09 Å². The smallest absolute Gasteiger partial charge is 0.407 e. The second-order valence-electron chi connectivity index (χ2n) is 6.27. The number of nitrogens with one attached hydrogen (secondary N) is 2. The number of benzene rings is 2. The lowest BCUT2D eigenvalue weighted by atomic mass is 10.2. The van der Waals surface area contributed by atoms with Crippen LogP contribution in [0.25, 0.3) is 17.1 Å². The summed E-state index contributed by atoms with van der Waals surface area (Å²) in [4.78, 5) is 23.4. The Hall–Kier alpha value is -3.40. The van der Waals surface area contributed by atoms with Crippen LogP contribution in [0.5, 0.6) is 0 Å². The summed E-state index contributed by atoms with van der Waals surface area (Å²) in [7, 11) is 0. The largest absolute Gasteiger partial charge is 0.450 e. The molecule has 0 unspecified atom stereocenters. The molecule has 162 valence electrons. The van der Waals surface area contributed by atoms with Crippen molar-refractivity contribution in [3.05, 3.63) is 60.4 Å². The van der Waals surface area contributed by atoms with Gasteiger partial charge in [-0.05, 0) is 43.3 Å². The Morgan fingerprint density at radius 1 is 1.03 bits per heavy atom. The van der Waals surface area contributed by atoms with Crippen molar-refractivity contribution in [3.8, 4) is 17.1 Å². The number of ether oxygens (including phenoxy) is 1. The molecule has 10 heteroatoms. The number of carbonyl (C=O) groups excluding carboxylic acids is 2. The summed E-state index contributed by atoms with van der Waals surface area (Å²) in [5.74, 6) is 0.126. The number of amides is 2. The number of hydrogen-bond donors (Lipinski definition) is 2. The highest BCUT2D eigenvalue weighted by Gasteiger charge is 2.17. The molecule has 0 atom stereocenters. The summed E-state index contributed by atoms with van der Waals surface area (Å²) >= 11 is 1.23. The number of aromatic nitrogens is 3. The third kappa shape index (κ3) is 6.29. The lowest BCUT2D eigenvalue weighted by molar-refractivity contribution is -0.118. The summed E-state index contributed by atoms with van der Waals surface area (Å²) in [6, 6.07) is 15.5. The fourth-order valence-corrected chi connectivity index (χ4v) is 3.47. The first-order chi connectivity index (χ1) is 15.1. The number of carbonyl (C=O) groups is 2. The van der Waals surface area contributed by atoms with Crippen molar-refractivity contribution in [2.45, 2.75) is 12.1 Å². The highest BCUT2D eigenvalue weighted by atomic mass is 32.2. The van der Waals surface area contributed by atoms with Crippen LogP contribution in [0.2, 0.25) is 0 Å². The summed E-state index contributed by atoms with van der Waals surface area (Å²) in [5.41, 5.74) is 1.53. The normalized spacial score (nSPS) is 10.5. The van der Waals surface area contributed by atoms with Gasteiger partial charge in [-0.3, -0.25) is 9.36 Å². The third-order valence-electron chi connectivity index (χ3n) is 4.07. The third-order valence-corrected chi connectivity index (χ3v) is 5.00. The van der Waals surface area contributed by atoms with Gasteiger partial charge in [-0.2, -0.15) is 0 Å². The molecule has 3 aromatic rings. The Kier molecular flexibility index (Phi) is 7.99. The number of rotatable bonds is 9. The summed E-state index contributed by atoms with van der Waals surface area (Å²) < 4.78 is 19.9. The molecular weight excluding hydrogens is 421 g/mol. The van der Waals surface area contributed by atoms with E-state index < -0.39 is 6.09 Å². The van der Waals surface area contributed by atoms with Gasteiger partial charge in [-0.15, -0.1) is 10.2 Å². The van der Waals surface area contributed by atoms with E-state index in [2.05, 4.69) is 20.8 Å². The number of nitrogens with zero attached hydrogens (tertiary/aromatic N) is 3. The zero-order valence-corrected chi connectivity index (χ0v) is 17.7. The molecular formula is C21H22FN5O3S. The zero-order chi connectivity index (χ0) is 22.1. The monoisotopic (exact) mass is 443 g/mol. The molecule has 8 nitrogen and oxygen atoms in total. The van der Waals surface area contributed by atoms with Crippen LogP contribution in [0.1, 0.15) is 6.92 Å². The van der Waals surface area contributed by atoms with Crippen molar-refractivity contribution < 1.29 is 18.7 Å². The van der Waals surface area contributed by atoms with Crippen molar-refractivity contribution >= 4 is 23.8 Å². The molecule has 0 radical (unpaired) electrons. The molecule has 0 aliphatic rings. The number of hydrogen-bond acceptors (Lipinski definition) is 6. The average molecular weight is 444 g/mol. The Morgan fingerprint density at radius 3 is 2.45 bits per heavy atom. The van der Waals surface area contributed by atoms with Crippen LogP contribution in [-0.4, -0.2) is 52.2 Å². The topological polar surface area (TPSA) is 98.1 Å². The van der Waals surface area contributed by atoms with Gasteiger partial charge in [0.25, 0.3) is 0 Å². The molecule has 0 aliphatic heterocycles. The molecule has 1 aromatic heterocycles. The van der Waals surface area contributed by atoms with E-state index in [0.29, 0.717) is 16.5 Å². The highest BCUT2D eigenvalue weighted by molar-refractivity contribution is 7.99. The minimum absolute atomic E-state index is 0.119. The van der Waals surface area contributed by atoms with Crippen LogP contribution in [0.3, 0.4) is 0 Å². The molecule has 0 saturated heterocycles. The summed E-state index contributed by atoms with van der Waals surface area (Å²) in [6.07, 6.45) is -0.518. The van der Waals surface area contributed by atoms with E-state index >= 15 is 0 Å². The predicted octanol–water partition coefficient (Wildman–Crippen LogP) is 3.03. The van der Waals surface area contributed by atoms with Gasteiger partial charge in [0.05, 0.1) is 12.4 Å². The van der Waals surface area contributed by atoms with E-state index in [1.807, 2.05) is 34.9 Å². The van der Waals surface area contributed by atoms with E-state index in [4.69, 9.17) is 4.74 Å². The van der Waals surface area contributed by atoms with Gasteiger partial charge in [0.1, 0.15) is 5.82 Å². The molecule has 2 amide bonds. The Morgan fingerprint density at radius 2 is 1.74 bits per heavy atom.